The Bertz CT molecular complexity index is 854. The summed E-state index contributed by atoms with van der Waals surface area (Å²) in [6, 6.07) is 7.98. The van der Waals surface area contributed by atoms with Gasteiger partial charge in [0.05, 0.1) is 10.9 Å². The molecule has 0 saturated heterocycles. The van der Waals surface area contributed by atoms with E-state index in [2.05, 4.69) is 5.32 Å². The van der Waals surface area contributed by atoms with Gasteiger partial charge in [0.15, 0.2) is 21.5 Å². The Morgan fingerprint density at radius 3 is 2.33 bits per heavy atom. The first-order valence-electron chi connectivity index (χ1n) is 6.91. The summed E-state index contributed by atoms with van der Waals surface area (Å²) >= 11 is 5.70. The van der Waals surface area contributed by atoms with E-state index in [0.717, 1.165) is 12.1 Å². The molecule has 8 heteroatoms. The summed E-state index contributed by atoms with van der Waals surface area (Å²) in [5.41, 5.74) is 0.325. The largest absolute Gasteiger partial charge is 0.349 e. The molecule has 0 aliphatic heterocycles. The molecule has 0 bridgehead atoms. The lowest BCUT2D eigenvalue weighted by Gasteiger charge is -2.14. The number of carbonyl (C=O) groups is 1. The summed E-state index contributed by atoms with van der Waals surface area (Å²) in [6.07, 6.45) is 0. The topological polar surface area (TPSA) is 63.2 Å². The number of hydrogen-bond donors (Lipinski definition) is 1. The number of hydrogen-bond acceptors (Lipinski definition) is 3. The second kappa shape index (κ2) is 7.27. The molecule has 1 N–H and O–H groups in total. The summed E-state index contributed by atoms with van der Waals surface area (Å²) < 4.78 is 50.4. The van der Waals surface area contributed by atoms with E-state index in [4.69, 9.17) is 11.6 Å². The summed E-state index contributed by atoms with van der Waals surface area (Å²) in [6.45, 7) is 1.54. The van der Waals surface area contributed by atoms with Gasteiger partial charge in [0.2, 0.25) is 5.91 Å². The van der Waals surface area contributed by atoms with E-state index in [0.29, 0.717) is 10.6 Å². The van der Waals surface area contributed by atoms with Gasteiger partial charge in [-0.05, 0) is 48.9 Å². The van der Waals surface area contributed by atoms with Crippen LogP contribution in [-0.4, -0.2) is 20.1 Å². The van der Waals surface area contributed by atoms with Crippen LogP contribution in [0.4, 0.5) is 8.78 Å². The fourth-order valence-corrected chi connectivity index (χ4v) is 3.32. The highest BCUT2D eigenvalue weighted by molar-refractivity contribution is 7.92. The SMILES string of the molecule is CC(NC(=O)CS(=O)(=O)c1ccc(Cl)cc1)c1ccc(F)c(F)c1. The van der Waals surface area contributed by atoms with E-state index in [1.807, 2.05) is 0 Å². The third-order valence-electron chi connectivity index (χ3n) is 3.32. The van der Waals surface area contributed by atoms with Crippen LogP contribution in [0.25, 0.3) is 0 Å². The summed E-state index contributed by atoms with van der Waals surface area (Å²) in [5.74, 6) is -3.55. The van der Waals surface area contributed by atoms with Crippen LogP contribution in [-0.2, 0) is 14.6 Å². The average molecular weight is 374 g/mol. The third-order valence-corrected chi connectivity index (χ3v) is 5.20. The maximum Gasteiger partial charge on any atom is 0.236 e. The first kappa shape index (κ1) is 18.4. The molecule has 0 aromatic heterocycles. The van der Waals surface area contributed by atoms with E-state index < -0.39 is 39.2 Å². The third kappa shape index (κ3) is 4.52. The predicted molar refractivity (Wildman–Crippen MR) is 86.4 cm³/mol. The molecular formula is C16H14ClF2NO3S. The highest BCUT2D eigenvalue weighted by Crippen LogP contribution is 2.18. The Morgan fingerprint density at radius 2 is 1.75 bits per heavy atom. The normalized spacial score (nSPS) is 12.7. The van der Waals surface area contributed by atoms with Crippen molar-refractivity contribution in [2.45, 2.75) is 17.9 Å². The molecule has 1 unspecified atom stereocenters. The lowest BCUT2D eigenvalue weighted by Crippen LogP contribution is -2.32. The second-order valence-electron chi connectivity index (χ2n) is 5.18. The molecule has 1 amide bonds. The first-order chi connectivity index (χ1) is 11.2. The molecule has 24 heavy (non-hydrogen) atoms. The lowest BCUT2D eigenvalue weighted by atomic mass is 10.1. The maximum atomic E-state index is 13.2. The van der Waals surface area contributed by atoms with E-state index in [9.17, 15) is 22.0 Å². The molecule has 0 radical (unpaired) electrons. The fourth-order valence-electron chi connectivity index (χ4n) is 2.05. The first-order valence-corrected chi connectivity index (χ1v) is 8.95. The van der Waals surface area contributed by atoms with E-state index in [1.54, 1.807) is 6.92 Å². The minimum Gasteiger partial charge on any atom is -0.349 e. The number of nitrogens with one attached hydrogen (secondary N) is 1. The van der Waals surface area contributed by atoms with E-state index in [1.165, 1.54) is 30.3 Å². The zero-order valence-corrected chi connectivity index (χ0v) is 14.2. The van der Waals surface area contributed by atoms with Gasteiger partial charge in [-0.2, -0.15) is 0 Å². The number of amides is 1. The van der Waals surface area contributed by atoms with Gasteiger partial charge in [0, 0.05) is 5.02 Å². The summed E-state index contributed by atoms with van der Waals surface area (Å²) in [7, 11) is -3.82. The van der Waals surface area contributed by atoms with Crippen LogP contribution in [0.3, 0.4) is 0 Å². The zero-order valence-electron chi connectivity index (χ0n) is 12.6. The van der Waals surface area contributed by atoms with Crippen LogP contribution < -0.4 is 5.32 Å². The molecule has 0 aliphatic rings. The van der Waals surface area contributed by atoms with Crippen LogP contribution in [0.5, 0.6) is 0 Å². The van der Waals surface area contributed by atoms with Crippen molar-refractivity contribution in [2.24, 2.45) is 0 Å². The predicted octanol–water partition coefficient (Wildman–Crippen LogP) is 3.27. The van der Waals surface area contributed by atoms with E-state index in [-0.39, 0.29) is 4.90 Å². The van der Waals surface area contributed by atoms with Crippen molar-refractivity contribution in [3.8, 4) is 0 Å². The van der Waals surface area contributed by atoms with Gasteiger partial charge in [-0.15, -0.1) is 0 Å². The highest BCUT2D eigenvalue weighted by atomic mass is 35.5. The molecule has 2 rings (SSSR count). The Balaban J connectivity index is 2.06. The van der Waals surface area contributed by atoms with Gasteiger partial charge < -0.3 is 5.32 Å². The average Bonchev–Trinajstić information content (AvgIpc) is 2.49. The summed E-state index contributed by atoms with van der Waals surface area (Å²) in [4.78, 5) is 11.9. The lowest BCUT2D eigenvalue weighted by molar-refractivity contribution is -0.119. The van der Waals surface area contributed by atoms with Crippen molar-refractivity contribution in [1.29, 1.82) is 0 Å². The van der Waals surface area contributed by atoms with Gasteiger partial charge in [-0.25, -0.2) is 17.2 Å². The Labute approximate surface area is 143 Å². The molecule has 2 aromatic carbocycles. The van der Waals surface area contributed by atoms with Gasteiger partial charge in [-0.1, -0.05) is 17.7 Å². The zero-order chi connectivity index (χ0) is 17.9. The quantitative estimate of drug-likeness (QED) is 0.874. The molecule has 1 atom stereocenters. The Hall–Kier alpha value is -1.99. The maximum absolute atomic E-state index is 13.2. The van der Waals surface area contributed by atoms with Crippen molar-refractivity contribution in [1.82, 2.24) is 5.32 Å². The minimum atomic E-state index is -3.82. The fraction of sp³-hybridized carbons (Fsp3) is 0.188. The highest BCUT2D eigenvalue weighted by Gasteiger charge is 2.21. The van der Waals surface area contributed by atoms with Crippen LogP contribution in [0, 0.1) is 11.6 Å². The standard InChI is InChI=1S/C16H14ClF2NO3S/c1-10(11-2-7-14(18)15(19)8-11)20-16(21)9-24(22,23)13-5-3-12(17)4-6-13/h2-8,10H,9H2,1H3,(H,20,21). The number of benzene rings is 2. The number of sulfone groups is 1. The number of halogens is 3. The monoisotopic (exact) mass is 373 g/mol. The van der Waals surface area contributed by atoms with Crippen LogP contribution >= 0.6 is 11.6 Å². The number of rotatable bonds is 5. The molecule has 0 aliphatic carbocycles. The van der Waals surface area contributed by atoms with Crippen LogP contribution in [0.1, 0.15) is 18.5 Å². The number of carbonyl (C=O) groups excluding carboxylic acids is 1. The van der Waals surface area contributed by atoms with Crippen molar-refractivity contribution in [3.63, 3.8) is 0 Å². The van der Waals surface area contributed by atoms with Crippen molar-refractivity contribution in [3.05, 3.63) is 64.7 Å². The molecule has 0 spiro atoms. The van der Waals surface area contributed by atoms with Crippen molar-refractivity contribution < 1.29 is 22.0 Å². The van der Waals surface area contributed by atoms with Crippen LogP contribution in [0.2, 0.25) is 5.02 Å². The molecule has 2 aromatic rings. The van der Waals surface area contributed by atoms with E-state index >= 15 is 0 Å². The summed E-state index contributed by atoms with van der Waals surface area (Å²) in [5, 5.41) is 2.83. The Morgan fingerprint density at radius 1 is 1.12 bits per heavy atom. The molecule has 4 nitrogen and oxygen atoms in total. The van der Waals surface area contributed by atoms with Gasteiger partial charge in [0.25, 0.3) is 0 Å². The molecule has 0 heterocycles. The molecule has 0 saturated carbocycles. The van der Waals surface area contributed by atoms with Crippen LogP contribution in [0.15, 0.2) is 47.4 Å². The second-order valence-corrected chi connectivity index (χ2v) is 7.60. The van der Waals surface area contributed by atoms with Gasteiger partial charge in [0.1, 0.15) is 5.75 Å². The molecule has 128 valence electrons. The van der Waals surface area contributed by atoms with Crippen molar-refractivity contribution >= 4 is 27.3 Å². The molecular weight excluding hydrogens is 360 g/mol. The molecule has 0 fully saturated rings. The smallest absolute Gasteiger partial charge is 0.236 e. The van der Waals surface area contributed by atoms with Gasteiger partial charge in [-0.3, -0.25) is 4.79 Å². The van der Waals surface area contributed by atoms with Crippen molar-refractivity contribution in [2.75, 3.05) is 5.75 Å². The minimum absolute atomic E-state index is 0.0254. The Kier molecular flexibility index (Phi) is 5.56. The van der Waals surface area contributed by atoms with Gasteiger partial charge >= 0.3 is 0 Å².